The predicted molar refractivity (Wildman–Crippen MR) is 110 cm³/mol. The molecule has 0 bridgehead atoms. The van der Waals surface area contributed by atoms with E-state index in [4.69, 9.17) is 4.74 Å². The van der Waals surface area contributed by atoms with Crippen molar-refractivity contribution in [3.63, 3.8) is 0 Å². The summed E-state index contributed by atoms with van der Waals surface area (Å²) in [7, 11) is 4.05. The number of ether oxygens (including phenoxy) is 1. The van der Waals surface area contributed by atoms with Gasteiger partial charge in [0.1, 0.15) is 18.2 Å². The number of nitrogens with zero attached hydrogens (tertiary/aromatic N) is 2. The third-order valence-corrected chi connectivity index (χ3v) is 4.61. The van der Waals surface area contributed by atoms with Crippen molar-refractivity contribution in [3.8, 4) is 5.75 Å². The van der Waals surface area contributed by atoms with Crippen molar-refractivity contribution in [1.29, 1.82) is 0 Å². The van der Waals surface area contributed by atoms with Gasteiger partial charge in [-0.25, -0.2) is 4.39 Å². The maximum absolute atomic E-state index is 13.2. The second kappa shape index (κ2) is 9.97. The van der Waals surface area contributed by atoms with Crippen molar-refractivity contribution in [2.24, 2.45) is 0 Å². The number of hydrogen-bond acceptors (Lipinski definition) is 4. The Hall–Kier alpha value is -2.76. The Balaban J connectivity index is 1.60. The summed E-state index contributed by atoms with van der Waals surface area (Å²) in [5.41, 5.74) is 3.07. The zero-order valence-corrected chi connectivity index (χ0v) is 16.3. The summed E-state index contributed by atoms with van der Waals surface area (Å²) in [5.74, 6) is 0.636. The third kappa shape index (κ3) is 5.62. The molecule has 1 atom stereocenters. The van der Waals surface area contributed by atoms with Crippen molar-refractivity contribution in [2.75, 3.05) is 20.6 Å². The first-order chi connectivity index (χ1) is 13.6. The lowest BCUT2D eigenvalue weighted by atomic mass is 10.1. The van der Waals surface area contributed by atoms with Gasteiger partial charge in [0.05, 0.1) is 5.69 Å². The molecule has 146 valence electrons. The highest BCUT2D eigenvalue weighted by Crippen LogP contribution is 2.21. The van der Waals surface area contributed by atoms with E-state index in [-0.39, 0.29) is 11.9 Å². The van der Waals surface area contributed by atoms with E-state index in [1.807, 2.05) is 62.6 Å². The first-order valence-electron chi connectivity index (χ1n) is 9.36. The number of hydrogen-bond donors (Lipinski definition) is 1. The fourth-order valence-electron chi connectivity index (χ4n) is 3.05. The SMILES string of the molecule is CN(C)C(CNCc1ccccc1OCc1ccccn1)c1ccc(F)cc1. The summed E-state index contributed by atoms with van der Waals surface area (Å²) in [6.45, 7) is 1.87. The molecule has 3 aromatic rings. The summed E-state index contributed by atoms with van der Waals surface area (Å²) in [6, 6.07) is 20.7. The number of likely N-dealkylation sites (N-methyl/N-ethyl adjacent to an activating group) is 1. The maximum Gasteiger partial charge on any atom is 0.130 e. The lowest BCUT2D eigenvalue weighted by molar-refractivity contribution is 0.283. The van der Waals surface area contributed by atoms with Gasteiger partial charge in [-0.05, 0) is 50.0 Å². The molecule has 1 N–H and O–H groups in total. The fraction of sp³-hybridized carbons (Fsp3) is 0.261. The number of aromatic nitrogens is 1. The molecule has 4 nitrogen and oxygen atoms in total. The standard InChI is InChI=1S/C23H26FN3O/c1-27(2)22(18-10-12-20(24)13-11-18)16-25-15-19-7-3-4-9-23(19)28-17-21-8-5-6-14-26-21/h3-14,22,25H,15-17H2,1-2H3. The Morgan fingerprint density at radius 2 is 1.75 bits per heavy atom. The van der Waals surface area contributed by atoms with E-state index >= 15 is 0 Å². The lowest BCUT2D eigenvalue weighted by Gasteiger charge is -2.25. The van der Waals surface area contributed by atoms with Gasteiger partial charge in [0.2, 0.25) is 0 Å². The normalized spacial score (nSPS) is 12.1. The van der Waals surface area contributed by atoms with Crippen LogP contribution in [-0.2, 0) is 13.2 Å². The Morgan fingerprint density at radius 1 is 1.00 bits per heavy atom. The van der Waals surface area contributed by atoms with Crippen molar-refractivity contribution >= 4 is 0 Å². The van der Waals surface area contributed by atoms with Crippen LogP contribution in [0.1, 0.15) is 22.9 Å². The van der Waals surface area contributed by atoms with Crippen LogP contribution >= 0.6 is 0 Å². The van der Waals surface area contributed by atoms with Gasteiger partial charge in [0, 0.05) is 30.9 Å². The molecule has 0 amide bonds. The minimum atomic E-state index is -0.215. The summed E-state index contributed by atoms with van der Waals surface area (Å²) in [4.78, 5) is 6.42. The quantitative estimate of drug-likeness (QED) is 0.605. The first-order valence-corrected chi connectivity index (χ1v) is 9.36. The van der Waals surface area contributed by atoms with Crippen LogP contribution in [0.15, 0.2) is 72.9 Å². The van der Waals surface area contributed by atoms with Crippen molar-refractivity contribution in [1.82, 2.24) is 15.2 Å². The van der Waals surface area contributed by atoms with Gasteiger partial charge in [-0.15, -0.1) is 0 Å². The third-order valence-electron chi connectivity index (χ3n) is 4.61. The molecule has 5 heteroatoms. The Morgan fingerprint density at radius 3 is 2.46 bits per heavy atom. The van der Waals surface area contributed by atoms with E-state index in [2.05, 4.69) is 21.3 Å². The molecule has 3 rings (SSSR count). The van der Waals surface area contributed by atoms with Gasteiger partial charge in [0.25, 0.3) is 0 Å². The molecule has 2 aromatic carbocycles. The number of halogens is 1. The fourth-order valence-corrected chi connectivity index (χ4v) is 3.05. The van der Waals surface area contributed by atoms with Crippen LogP contribution < -0.4 is 10.1 Å². The highest BCUT2D eigenvalue weighted by molar-refractivity contribution is 5.33. The number of rotatable bonds is 9. The number of nitrogens with one attached hydrogen (secondary N) is 1. The van der Waals surface area contributed by atoms with E-state index in [1.165, 1.54) is 12.1 Å². The Labute approximate surface area is 166 Å². The van der Waals surface area contributed by atoms with Crippen LogP contribution in [0.4, 0.5) is 4.39 Å². The van der Waals surface area contributed by atoms with Gasteiger partial charge in [-0.1, -0.05) is 36.4 Å². The minimum absolute atomic E-state index is 0.155. The molecule has 0 saturated carbocycles. The number of benzene rings is 2. The zero-order valence-electron chi connectivity index (χ0n) is 16.3. The number of pyridine rings is 1. The van der Waals surface area contributed by atoms with E-state index in [1.54, 1.807) is 6.20 Å². The maximum atomic E-state index is 13.2. The van der Waals surface area contributed by atoms with E-state index in [9.17, 15) is 4.39 Å². The van der Waals surface area contributed by atoms with Gasteiger partial charge in [0.15, 0.2) is 0 Å². The Bertz CT molecular complexity index is 853. The average molecular weight is 379 g/mol. The van der Waals surface area contributed by atoms with Crippen LogP contribution in [0, 0.1) is 5.82 Å². The molecule has 1 aromatic heterocycles. The van der Waals surface area contributed by atoms with E-state index < -0.39 is 0 Å². The summed E-state index contributed by atoms with van der Waals surface area (Å²) in [5, 5.41) is 3.50. The molecule has 0 fully saturated rings. The van der Waals surface area contributed by atoms with Gasteiger partial charge < -0.3 is 15.0 Å². The molecule has 0 saturated heterocycles. The Kier molecular flexibility index (Phi) is 7.12. The molecule has 28 heavy (non-hydrogen) atoms. The van der Waals surface area contributed by atoms with Crippen molar-refractivity contribution < 1.29 is 9.13 Å². The van der Waals surface area contributed by atoms with E-state index in [0.717, 1.165) is 29.1 Å². The molecular formula is C23H26FN3O. The first kappa shape index (κ1) is 20.0. The van der Waals surface area contributed by atoms with Gasteiger partial charge in [-0.3, -0.25) is 4.98 Å². The van der Waals surface area contributed by atoms with Gasteiger partial charge in [-0.2, -0.15) is 0 Å². The molecular weight excluding hydrogens is 353 g/mol. The predicted octanol–water partition coefficient (Wildman–Crippen LogP) is 4.19. The molecule has 1 heterocycles. The second-order valence-corrected chi connectivity index (χ2v) is 6.88. The highest BCUT2D eigenvalue weighted by atomic mass is 19.1. The minimum Gasteiger partial charge on any atom is -0.487 e. The summed E-state index contributed by atoms with van der Waals surface area (Å²) < 4.78 is 19.2. The lowest BCUT2D eigenvalue weighted by Crippen LogP contribution is -2.30. The molecule has 0 aliphatic carbocycles. The summed E-state index contributed by atoms with van der Waals surface area (Å²) >= 11 is 0. The summed E-state index contributed by atoms with van der Waals surface area (Å²) in [6.07, 6.45) is 1.77. The van der Waals surface area contributed by atoms with Crippen molar-refractivity contribution in [3.05, 3.63) is 95.6 Å². The molecule has 1 unspecified atom stereocenters. The zero-order chi connectivity index (χ0) is 19.8. The van der Waals surface area contributed by atoms with Crippen LogP contribution in [0.5, 0.6) is 5.75 Å². The topological polar surface area (TPSA) is 37.4 Å². The smallest absolute Gasteiger partial charge is 0.130 e. The van der Waals surface area contributed by atoms with Gasteiger partial charge >= 0.3 is 0 Å². The van der Waals surface area contributed by atoms with Crippen molar-refractivity contribution in [2.45, 2.75) is 19.2 Å². The molecule has 0 aliphatic heterocycles. The van der Waals surface area contributed by atoms with E-state index in [0.29, 0.717) is 13.2 Å². The monoisotopic (exact) mass is 379 g/mol. The largest absolute Gasteiger partial charge is 0.487 e. The second-order valence-electron chi connectivity index (χ2n) is 6.88. The van der Waals surface area contributed by atoms with Crippen LogP contribution in [0.2, 0.25) is 0 Å². The molecule has 0 radical (unpaired) electrons. The molecule has 0 spiro atoms. The highest BCUT2D eigenvalue weighted by Gasteiger charge is 2.14. The molecule has 0 aliphatic rings. The number of para-hydroxylation sites is 1. The van der Waals surface area contributed by atoms with Crippen LogP contribution in [0.25, 0.3) is 0 Å². The average Bonchev–Trinajstić information content (AvgIpc) is 2.72. The van der Waals surface area contributed by atoms with Crippen LogP contribution in [-0.4, -0.2) is 30.5 Å². The van der Waals surface area contributed by atoms with Crippen LogP contribution in [0.3, 0.4) is 0 Å².